The van der Waals surface area contributed by atoms with E-state index in [0.717, 1.165) is 5.56 Å². The second-order valence-corrected chi connectivity index (χ2v) is 7.06. The van der Waals surface area contributed by atoms with Gasteiger partial charge in [-0.3, -0.25) is 0 Å². The third-order valence-corrected chi connectivity index (χ3v) is 4.03. The lowest BCUT2D eigenvalue weighted by Crippen LogP contribution is -2.10. The minimum atomic E-state index is -0.465. The molecule has 0 amide bonds. The van der Waals surface area contributed by atoms with Crippen molar-refractivity contribution in [2.75, 3.05) is 0 Å². The number of rotatable bonds is 4. The lowest BCUT2D eigenvalue weighted by molar-refractivity contribution is 0.304. The molecule has 6 heteroatoms. The number of hydrogen-bond acceptors (Lipinski definition) is 4. The fourth-order valence-corrected chi connectivity index (χ4v) is 2.56. The summed E-state index contributed by atoms with van der Waals surface area (Å²) >= 11 is 0. The minimum absolute atomic E-state index is 0.0902. The molecule has 0 radical (unpaired) electrons. The molecule has 5 nitrogen and oxygen atoms in total. The van der Waals surface area contributed by atoms with Crippen LogP contribution in [0, 0.1) is 17.1 Å². The maximum atomic E-state index is 13.9. The molecule has 26 heavy (non-hydrogen) atoms. The zero-order valence-corrected chi connectivity index (χ0v) is 14.9. The fourth-order valence-electron chi connectivity index (χ4n) is 2.56. The summed E-state index contributed by atoms with van der Waals surface area (Å²) in [5.74, 6) is -0.0979. The molecule has 0 aliphatic carbocycles. The number of nitrogens with zero attached hydrogens (tertiary/aromatic N) is 3. The van der Waals surface area contributed by atoms with Gasteiger partial charge in [0.25, 0.3) is 0 Å². The lowest BCUT2D eigenvalue weighted by Gasteiger charge is -2.19. The number of aromatic amines is 1. The van der Waals surface area contributed by atoms with Crippen LogP contribution in [0.15, 0.2) is 42.5 Å². The van der Waals surface area contributed by atoms with E-state index in [-0.39, 0.29) is 11.1 Å². The number of nitrogens with one attached hydrogen (secondary N) is 1. The molecule has 0 saturated carbocycles. The quantitative estimate of drug-likeness (QED) is 0.759. The number of nitriles is 1. The summed E-state index contributed by atoms with van der Waals surface area (Å²) in [5, 5.41) is 19.0. The molecule has 3 rings (SSSR count). The van der Waals surface area contributed by atoms with Gasteiger partial charge in [0.2, 0.25) is 0 Å². The van der Waals surface area contributed by atoms with Gasteiger partial charge in [-0.25, -0.2) is 9.49 Å². The van der Waals surface area contributed by atoms with Crippen LogP contribution in [0.4, 0.5) is 4.39 Å². The number of benzene rings is 2. The number of aromatic nitrogens is 3. The molecular formula is C20H19FN4O. The number of hydrogen-bond donors (Lipinski definition) is 1. The molecule has 1 heterocycles. The zero-order valence-electron chi connectivity index (χ0n) is 14.9. The summed E-state index contributed by atoms with van der Waals surface area (Å²) in [6, 6.07) is 14.3. The van der Waals surface area contributed by atoms with Crippen molar-refractivity contribution < 1.29 is 9.13 Å². The summed E-state index contributed by atoms with van der Waals surface area (Å²) in [5.41, 5.74) is 3.23. The first kappa shape index (κ1) is 17.6. The van der Waals surface area contributed by atoms with Crippen molar-refractivity contribution in [1.82, 2.24) is 15.4 Å². The van der Waals surface area contributed by atoms with E-state index >= 15 is 0 Å². The van der Waals surface area contributed by atoms with E-state index in [2.05, 4.69) is 48.3 Å². The van der Waals surface area contributed by atoms with Crippen molar-refractivity contribution >= 4 is 0 Å². The molecule has 132 valence electrons. The van der Waals surface area contributed by atoms with Gasteiger partial charge in [0.15, 0.2) is 5.69 Å². The van der Waals surface area contributed by atoms with Crippen LogP contribution in [0.5, 0.6) is 5.75 Å². The van der Waals surface area contributed by atoms with Gasteiger partial charge in [-0.1, -0.05) is 50.3 Å². The first-order valence-electron chi connectivity index (χ1n) is 8.21. The van der Waals surface area contributed by atoms with Crippen LogP contribution in [0.1, 0.15) is 37.6 Å². The fraction of sp³-hybridized carbons (Fsp3) is 0.250. The SMILES string of the molecule is CC(C)(C)c1ccc(COc2cc(F)cc(-c3nn[nH]c3C#N)c2)cc1. The molecule has 0 aliphatic rings. The maximum Gasteiger partial charge on any atom is 0.163 e. The van der Waals surface area contributed by atoms with Gasteiger partial charge in [0, 0.05) is 11.6 Å². The van der Waals surface area contributed by atoms with Crippen LogP contribution in [-0.4, -0.2) is 15.4 Å². The average Bonchev–Trinajstić information content (AvgIpc) is 3.08. The summed E-state index contributed by atoms with van der Waals surface area (Å²) < 4.78 is 19.7. The van der Waals surface area contributed by atoms with Crippen molar-refractivity contribution in [3.63, 3.8) is 0 Å². The first-order chi connectivity index (χ1) is 12.4. The lowest BCUT2D eigenvalue weighted by atomic mass is 9.87. The predicted octanol–water partition coefficient (Wildman–Crippen LogP) is 4.36. The summed E-state index contributed by atoms with van der Waals surface area (Å²) in [4.78, 5) is 0. The van der Waals surface area contributed by atoms with Crippen LogP contribution < -0.4 is 4.74 Å². The molecule has 0 aliphatic heterocycles. The van der Waals surface area contributed by atoms with Crippen LogP contribution in [0.2, 0.25) is 0 Å². The Hall–Kier alpha value is -3.20. The summed E-state index contributed by atoms with van der Waals surface area (Å²) in [7, 11) is 0. The van der Waals surface area contributed by atoms with Gasteiger partial charge in [-0.05, 0) is 28.7 Å². The first-order valence-corrected chi connectivity index (χ1v) is 8.21. The molecule has 0 saturated heterocycles. The highest BCUT2D eigenvalue weighted by Gasteiger charge is 2.14. The second-order valence-electron chi connectivity index (χ2n) is 7.06. The van der Waals surface area contributed by atoms with E-state index in [1.54, 1.807) is 6.07 Å². The third-order valence-electron chi connectivity index (χ3n) is 4.03. The van der Waals surface area contributed by atoms with Gasteiger partial charge < -0.3 is 4.74 Å². The van der Waals surface area contributed by atoms with E-state index in [9.17, 15) is 4.39 Å². The Labute approximate surface area is 151 Å². The molecular weight excluding hydrogens is 331 g/mol. The van der Waals surface area contributed by atoms with E-state index in [0.29, 0.717) is 23.6 Å². The number of H-pyrrole nitrogens is 1. The topological polar surface area (TPSA) is 74.6 Å². The molecule has 3 aromatic rings. The average molecular weight is 350 g/mol. The Bertz CT molecular complexity index is 949. The second kappa shape index (κ2) is 6.96. The zero-order chi connectivity index (χ0) is 18.7. The van der Waals surface area contributed by atoms with E-state index in [1.807, 2.05) is 18.2 Å². The van der Waals surface area contributed by atoms with Gasteiger partial charge in [-0.15, -0.1) is 5.10 Å². The third kappa shape index (κ3) is 3.89. The minimum Gasteiger partial charge on any atom is -0.489 e. The Balaban J connectivity index is 1.78. The molecule has 1 N–H and O–H groups in total. The molecule has 0 bridgehead atoms. The highest BCUT2D eigenvalue weighted by molar-refractivity contribution is 5.65. The number of ether oxygens (including phenoxy) is 1. The molecule has 2 aromatic carbocycles. The van der Waals surface area contributed by atoms with Gasteiger partial charge in [0.1, 0.15) is 29.9 Å². The number of halogens is 1. The molecule has 1 aromatic heterocycles. The van der Waals surface area contributed by atoms with Gasteiger partial charge in [0.05, 0.1) is 0 Å². The standard InChI is InChI=1S/C20H19FN4O/c1-20(2,3)15-6-4-13(5-7-15)12-26-17-9-14(8-16(21)10-17)19-18(11-22)23-25-24-19/h4-10H,12H2,1-3H3,(H,23,24,25). The maximum absolute atomic E-state index is 13.9. The molecule has 0 fully saturated rings. The van der Waals surface area contributed by atoms with Crippen molar-refractivity contribution in [1.29, 1.82) is 5.26 Å². The van der Waals surface area contributed by atoms with Crippen molar-refractivity contribution in [2.24, 2.45) is 0 Å². The van der Waals surface area contributed by atoms with Crippen molar-refractivity contribution in [2.45, 2.75) is 32.8 Å². The van der Waals surface area contributed by atoms with E-state index in [4.69, 9.17) is 10.00 Å². The Morgan fingerprint density at radius 3 is 2.54 bits per heavy atom. The molecule has 0 spiro atoms. The Kier molecular flexibility index (Phi) is 4.72. The van der Waals surface area contributed by atoms with E-state index in [1.165, 1.54) is 17.7 Å². The van der Waals surface area contributed by atoms with Crippen LogP contribution in [-0.2, 0) is 12.0 Å². The van der Waals surface area contributed by atoms with Gasteiger partial charge >= 0.3 is 0 Å². The monoisotopic (exact) mass is 350 g/mol. The predicted molar refractivity (Wildman–Crippen MR) is 96.0 cm³/mol. The van der Waals surface area contributed by atoms with Gasteiger partial charge in [-0.2, -0.15) is 5.26 Å². The van der Waals surface area contributed by atoms with Crippen molar-refractivity contribution in [3.8, 4) is 23.1 Å². The molecule has 0 atom stereocenters. The summed E-state index contributed by atoms with van der Waals surface area (Å²) in [6.07, 6.45) is 0. The summed E-state index contributed by atoms with van der Waals surface area (Å²) in [6.45, 7) is 6.79. The van der Waals surface area contributed by atoms with Crippen molar-refractivity contribution in [3.05, 3.63) is 65.1 Å². The van der Waals surface area contributed by atoms with Crippen LogP contribution in [0.25, 0.3) is 11.3 Å². The van der Waals surface area contributed by atoms with Crippen LogP contribution in [0.3, 0.4) is 0 Å². The highest BCUT2D eigenvalue weighted by Crippen LogP contribution is 2.27. The Morgan fingerprint density at radius 2 is 1.88 bits per heavy atom. The normalized spacial score (nSPS) is 11.2. The largest absolute Gasteiger partial charge is 0.489 e. The highest BCUT2D eigenvalue weighted by atomic mass is 19.1. The Morgan fingerprint density at radius 1 is 1.15 bits per heavy atom. The van der Waals surface area contributed by atoms with Crippen LogP contribution >= 0.6 is 0 Å². The van der Waals surface area contributed by atoms with E-state index < -0.39 is 5.82 Å². The molecule has 0 unspecified atom stereocenters. The smallest absolute Gasteiger partial charge is 0.163 e.